The van der Waals surface area contributed by atoms with Gasteiger partial charge in [0.15, 0.2) is 6.10 Å². The zero-order chi connectivity index (χ0) is 22.9. The second-order valence-electron chi connectivity index (χ2n) is 9.18. The molecule has 1 atom stereocenters. The summed E-state index contributed by atoms with van der Waals surface area (Å²) in [4.78, 5) is 2.48. The fourth-order valence-electron chi connectivity index (χ4n) is 5.22. The fraction of sp³-hybridized carbons (Fsp3) is 0.310. The predicted molar refractivity (Wildman–Crippen MR) is 132 cm³/mol. The number of phenols is 1. The summed E-state index contributed by atoms with van der Waals surface area (Å²) >= 11 is 0. The lowest BCUT2D eigenvalue weighted by molar-refractivity contribution is 0.183. The quantitative estimate of drug-likeness (QED) is 0.535. The van der Waals surface area contributed by atoms with Crippen LogP contribution in [0.5, 0.6) is 23.0 Å². The maximum Gasteiger partial charge on any atom is 0.150 e. The Labute approximate surface area is 200 Å². The van der Waals surface area contributed by atoms with Crippen LogP contribution in [-0.2, 0) is 0 Å². The molecular weight excluding hydrogens is 426 g/mol. The molecule has 0 aliphatic carbocycles. The highest BCUT2D eigenvalue weighted by molar-refractivity contribution is 5.99. The molecule has 0 saturated carbocycles. The van der Waals surface area contributed by atoms with Crippen LogP contribution in [0.3, 0.4) is 0 Å². The summed E-state index contributed by atoms with van der Waals surface area (Å²) in [6.07, 6.45) is 3.64. The molecule has 0 spiro atoms. The summed E-state index contributed by atoms with van der Waals surface area (Å²) < 4.78 is 18.6. The lowest BCUT2D eigenvalue weighted by Gasteiger charge is -2.35. The van der Waals surface area contributed by atoms with Gasteiger partial charge in [-0.3, -0.25) is 4.90 Å². The Hall–Kier alpha value is -3.44. The van der Waals surface area contributed by atoms with E-state index in [1.165, 1.54) is 32.4 Å². The van der Waals surface area contributed by atoms with Crippen molar-refractivity contribution < 1.29 is 19.3 Å². The number of rotatable bonds is 5. The van der Waals surface area contributed by atoms with E-state index in [0.29, 0.717) is 19.0 Å². The fourth-order valence-corrected chi connectivity index (χ4v) is 5.22. The molecule has 5 heteroatoms. The second-order valence-corrected chi connectivity index (χ2v) is 9.18. The van der Waals surface area contributed by atoms with Crippen molar-refractivity contribution in [3.63, 3.8) is 0 Å². The number of nitrogens with zero attached hydrogens (tertiary/aromatic N) is 1. The summed E-state index contributed by atoms with van der Waals surface area (Å²) in [5, 5.41) is 10.1. The van der Waals surface area contributed by atoms with Crippen molar-refractivity contribution in [1.82, 2.24) is 4.90 Å². The van der Waals surface area contributed by atoms with E-state index in [0.717, 1.165) is 45.9 Å². The van der Waals surface area contributed by atoms with Crippen molar-refractivity contribution in [3.8, 4) is 23.0 Å². The molecule has 3 aromatic rings. The van der Waals surface area contributed by atoms with Crippen LogP contribution < -0.4 is 14.2 Å². The number of ether oxygens (including phenoxy) is 3. The number of fused-ring (bicyclic) bond motifs is 4. The van der Waals surface area contributed by atoms with Gasteiger partial charge in [-0.2, -0.15) is 0 Å². The Morgan fingerprint density at radius 3 is 2.56 bits per heavy atom. The highest BCUT2D eigenvalue weighted by atomic mass is 16.5. The van der Waals surface area contributed by atoms with Crippen LogP contribution >= 0.6 is 0 Å². The van der Waals surface area contributed by atoms with Crippen LogP contribution in [0.4, 0.5) is 0 Å². The SMILES string of the molecule is Oc1ccc2c(c1)OC(c1ccc(OCCN3CCCCC3)cc1)C1=C2COc2ccccc21. The van der Waals surface area contributed by atoms with Gasteiger partial charge in [0.1, 0.15) is 36.2 Å². The summed E-state index contributed by atoms with van der Waals surface area (Å²) in [6, 6.07) is 21.6. The second kappa shape index (κ2) is 9.07. The molecule has 3 aliphatic heterocycles. The molecule has 34 heavy (non-hydrogen) atoms. The number of hydrogen-bond acceptors (Lipinski definition) is 5. The van der Waals surface area contributed by atoms with Crippen molar-refractivity contribution in [2.45, 2.75) is 25.4 Å². The van der Waals surface area contributed by atoms with Gasteiger partial charge in [0.2, 0.25) is 0 Å². The molecular formula is C29H29NO4. The lowest BCUT2D eigenvalue weighted by atomic mass is 9.84. The number of hydrogen-bond donors (Lipinski definition) is 1. The molecule has 3 aromatic carbocycles. The Kier molecular flexibility index (Phi) is 5.63. The molecule has 1 fully saturated rings. The van der Waals surface area contributed by atoms with Crippen LogP contribution in [0.15, 0.2) is 66.7 Å². The molecule has 1 saturated heterocycles. The van der Waals surface area contributed by atoms with E-state index < -0.39 is 0 Å². The zero-order valence-electron chi connectivity index (χ0n) is 19.2. The molecule has 0 radical (unpaired) electrons. The minimum absolute atomic E-state index is 0.191. The summed E-state index contributed by atoms with van der Waals surface area (Å²) in [5.41, 5.74) is 5.29. The van der Waals surface area contributed by atoms with Crippen molar-refractivity contribution in [2.75, 3.05) is 32.8 Å². The van der Waals surface area contributed by atoms with E-state index >= 15 is 0 Å². The predicted octanol–water partition coefficient (Wildman–Crippen LogP) is 5.69. The molecule has 0 amide bonds. The van der Waals surface area contributed by atoms with Gasteiger partial charge in [0.05, 0.1) is 0 Å². The van der Waals surface area contributed by atoms with Crippen LogP contribution in [0.25, 0.3) is 11.1 Å². The minimum Gasteiger partial charge on any atom is -0.508 e. The number of aromatic hydroxyl groups is 1. The number of benzene rings is 3. The van der Waals surface area contributed by atoms with Crippen LogP contribution in [0, 0.1) is 0 Å². The van der Waals surface area contributed by atoms with E-state index in [4.69, 9.17) is 14.2 Å². The first-order chi connectivity index (χ1) is 16.8. The molecule has 3 heterocycles. The topological polar surface area (TPSA) is 51.2 Å². The summed E-state index contributed by atoms with van der Waals surface area (Å²) in [6.45, 7) is 4.51. The highest BCUT2D eigenvalue weighted by Gasteiger charge is 2.35. The molecule has 0 aromatic heterocycles. The third-order valence-electron chi connectivity index (χ3n) is 6.98. The Morgan fingerprint density at radius 1 is 0.882 bits per heavy atom. The summed E-state index contributed by atoms with van der Waals surface area (Å²) in [5.74, 6) is 2.61. The van der Waals surface area contributed by atoms with Crippen molar-refractivity contribution >= 4 is 11.1 Å². The molecule has 5 nitrogen and oxygen atoms in total. The molecule has 3 aliphatic rings. The number of para-hydroxylation sites is 1. The van der Waals surface area contributed by atoms with Gasteiger partial charge in [0, 0.05) is 34.9 Å². The van der Waals surface area contributed by atoms with Crippen molar-refractivity contribution in [2.24, 2.45) is 0 Å². The van der Waals surface area contributed by atoms with E-state index in [-0.39, 0.29) is 11.9 Å². The van der Waals surface area contributed by atoms with E-state index in [2.05, 4.69) is 23.1 Å². The molecule has 1 unspecified atom stereocenters. The zero-order valence-corrected chi connectivity index (χ0v) is 19.2. The number of piperidine rings is 1. The normalized spacial score (nSPS) is 19.4. The Balaban J connectivity index is 1.28. The number of likely N-dealkylation sites (tertiary alicyclic amines) is 1. The largest absolute Gasteiger partial charge is 0.508 e. The van der Waals surface area contributed by atoms with Gasteiger partial charge >= 0.3 is 0 Å². The molecule has 1 N–H and O–H groups in total. The van der Waals surface area contributed by atoms with Crippen LogP contribution in [0.1, 0.15) is 42.1 Å². The first kappa shape index (κ1) is 21.1. The van der Waals surface area contributed by atoms with Gasteiger partial charge in [-0.1, -0.05) is 36.8 Å². The molecule has 6 rings (SSSR count). The first-order valence-electron chi connectivity index (χ1n) is 12.2. The van der Waals surface area contributed by atoms with Gasteiger partial charge in [0.25, 0.3) is 0 Å². The third kappa shape index (κ3) is 4.01. The van der Waals surface area contributed by atoms with Crippen LogP contribution in [-0.4, -0.2) is 42.9 Å². The third-order valence-corrected chi connectivity index (χ3v) is 6.98. The van der Waals surface area contributed by atoms with Crippen molar-refractivity contribution in [1.29, 1.82) is 0 Å². The standard InChI is InChI=1S/C29H29NO4/c31-21-10-13-23-25-19-33-26-7-3-2-6-24(26)28(25)29(34-27(23)18-21)20-8-11-22(12-9-20)32-17-16-30-14-4-1-5-15-30/h2-3,6-13,18,29,31H,1,4-5,14-17,19H2. The van der Waals surface area contributed by atoms with Gasteiger partial charge in [-0.15, -0.1) is 0 Å². The maximum atomic E-state index is 10.1. The van der Waals surface area contributed by atoms with Crippen LogP contribution in [0.2, 0.25) is 0 Å². The monoisotopic (exact) mass is 455 g/mol. The average molecular weight is 456 g/mol. The smallest absolute Gasteiger partial charge is 0.150 e. The van der Waals surface area contributed by atoms with Gasteiger partial charge in [-0.25, -0.2) is 0 Å². The molecule has 174 valence electrons. The van der Waals surface area contributed by atoms with Gasteiger partial charge in [-0.05, 0) is 61.8 Å². The van der Waals surface area contributed by atoms with Crippen molar-refractivity contribution in [3.05, 3.63) is 83.4 Å². The van der Waals surface area contributed by atoms with E-state index in [9.17, 15) is 5.11 Å². The molecule has 0 bridgehead atoms. The Morgan fingerprint density at radius 2 is 1.71 bits per heavy atom. The van der Waals surface area contributed by atoms with E-state index in [1.54, 1.807) is 12.1 Å². The minimum atomic E-state index is -0.295. The number of phenolic OH excluding ortho intramolecular Hbond substituents is 1. The average Bonchev–Trinajstić information content (AvgIpc) is 2.89. The highest BCUT2D eigenvalue weighted by Crippen LogP contribution is 2.51. The first-order valence-corrected chi connectivity index (χ1v) is 12.2. The summed E-state index contributed by atoms with van der Waals surface area (Å²) in [7, 11) is 0. The Bertz CT molecular complexity index is 1210. The van der Waals surface area contributed by atoms with E-state index in [1.807, 2.05) is 36.4 Å². The maximum absolute atomic E-state index is 10.1. The lowest BCUT2D eigenvalue weighted by Crippen LogP contribution is -2.33. The van der Waals surface area contributed by atoms with Gasteiger partial charge < -0.3 is 19.3 Å².